The zero-order valence-electron chi connectivity index (χ0n) is 8.74. The molecule has 1 fully saturated rings. The highest BCUT2D eigenvalue weighted by atomic mass is 35.5. The number of aryl methyl sites for hydroxylation is 1. The third-order valence-electron chi connectivity index (χ3n) is 2.42. The Morgan fingerprint density at radius 1 is 1.53 bits per heavy atom. The summed E-state index contributed by atoms with van der Waals surface area (Å²) in [6.07, 6.45) is 3.21. The summed E-state index contributed by atoms with van der Waals surface area (Å²) in [5, 5.41) is 0. The highest BCUT2D eigenvalue weighted by Crippen LogP contribution is 2.33. The third kappa shape index (κ3) is 1.97. The van der Waals surface area contributed by atoms with Crippen molar-refractivity contribution in [3.8, 4) is 0 Å². The second-order valence-electron chi connectivity index (χ2n) is 3.64. The molecule has 5 heteroatoms. The Morgan fingerprint density at radius 3 is 2.87 bits per heavy atom. The molecule has 0 saturated carbocycles. The van der Waals surface area contributed by atoms with Gasteiger partial charge in [-0.15, -0.1) is 11.6 Å². The van der Waals surface area contributed by atoms with Crippen molar-refractivity contribution < 1.29 is 9.47 Å². The van der Waals surface area contributed by atoms with Crippen LogP contribution in [0.25, 0.3) is 0 Å². The van der Waals surface area contributed by atoms with Gasteiger partial charge in [0.05, 0.1) is 24.3 Å². The minimum Gasteiger partial charge on any atom is -0.342 e. The molecule has 1 aromatic rings. The summed E-state index contributed by atoms with van der Waals surface area (Å²) in [5.41, 5.74) is 1.54. The highest BCUT2D eigenvalue weighted by molar-refractivity contribution is 6.18. The Labute approximate surface area is 93.6 Å². The number of aromatic nitrogens is 2. The number of hydrogen-bond donors (Lipinski definition) is 0. The molecule has 1 aromatic heterocycles. The molecule has 0 bridgehead atoms. The van der Waals surface area contributed by atoms with Gasteiger partial charge < -0.3 is 9.47 Å². The van der Waals surface area contributed by atoms with Gasteiger partial charge >= 0.3 is 0 Å². The number of ether oxygens (including phenoxy) is 2. The SMILES string of the molecule is Cc1nccnc1C1(C)OCC(CCl)O1. The molecule has 15 heavy (non-hydrogen) atoms. The smallest absolute Gasteiger partial charge is 0.211 e. The summed E-state index contributed by atoms with van der Waals surface area (Å²) in [4.78, 5) is 8.41. The molecule has 4 nitrogen and oxygen atoms in total. The van der Waals surface area contributed by atoms with Crippen molar-refractivity contribution in [2.75, 3.05) is 12.5 Å². The topological polar surface area (TPSA) is 44.2 Å². The van der Waals surface area contributed by atoms with Crippen molar-refractivity contribution in [2.24, 2.45) is 0 Å². The van der Waals surface area contributed by atoms with Crippen LogP contribution in [-0.4, -0.2) is 28.6 Å². The number of halogens is 1. The van der Waals surface area contributed by atoms with E-state index in [0.29, 0.717) is 12.5 Å². The lowest BCUT2D eigenvalue weighted by Gasteiger charge is -2.23. The van der Waals surface area contributed by atoms with E-state index in [1.807, 2.05) is 13.8 Å². The summed E-state index contributed by atoms with van der Waals surface area (Å²) in [6, 6.07) is 0. The van der Waals surface area contributed by atoms with E-state index < -0.39 is 5.79 Å². The fourth-order valence-corrected chi connectivity index (χ4v) is 1.84. The first-order valence-electron chi connectivity index (χ1n) is 4.81. The van der Waals surface area contributed by atoms with Crippen LogP contribution in [-0.2, 0) is 15.3 Å². The molecule has 0 aromatic carbocycles. The predicted octanol–water partition coefficient (Wildman–Crippen LogP) is 1.61. The third-order valence-corrected chi connectivity index (χ3v) is 2.76. The molecule has 0 amide bonds. The van der Waals surface area contributed by atoms with Crippen LogP contribution in [0, 0.1) is 6.92 Å². The van der Waals surface area contributed by atoms with Crippen LogP contribution < -0.4 is 0 Å². The van der Waals surface area contributed by atoms with Crippen molar-refractivity contribution in [1.82, 2.24) is 9.97 Å². The van der Waals surface area contributed by atoms with Crippen LogP contribution in [0.1, 0.15) is 18.3 Å². The first-order chi connectivity index (χ1) is 7.15. The second kappa shape index (κ2) is 4.04. The zero-order valence-corrected chi connectivity index (χ0v) is 9.49. The molecule has 1 aliphatic heterocycles. The molecule has 2 unspecified atom stereocenters. The van der Waals surface area contributed by atoms with Gasteiger partial charge in [0.25, 0.3) is 0 Å². The number of hydrogen-bond acceptors (Lipinski definition) is 4. The van der Waals surface area contributed by atoms with Gasteiger partial charge in [-0.2, -0.15) is 0 Å². The van der Waals surface area contributed by atoms with E-state index in [2.05, 4.69) is 9.97 Å². The molecule has 1 aliphatic rings. The predicted molar refractivity (Wildman–Crippen MR) is 55.7 cm³/mol. The fourth-order valence-electron chi connectivity index (χ4n) is 1.69. The molecular formula is C10H13ClN2O2. The van der Waals surface area contributed by atoms with Crippen molar-refractivity contribution in [1.29, 1.82) is 0 Å². The summed E-state index contributed by atoms with van der Waals surface area (Å²) in [5.74, 6) is -0.382. The summed E-state index contributed by atoms with van der Waals surface area (Å²) in [6.45, 7) is 4.22. The summed E-state index contributed by atoms with van der Waals surface area (Å²) in [7, 11) is 0. The molecule has 0 radical (unpaired) electrons. The number of nitrogens with zero attached hydrogens (tertiary/aromatic N) is 2. The second-order valence-corrected chi connectivity index (χ2v) is 3.95. The molecule has 0 N–H and O–H groups in total. The van der Waals surface area contributed by atoms with E-state index in [-0.39, 0.29) is 6.10 Å². The van der Waals surface area contributed by atoms with Crippen LogP contribution in [0.5, 0.6) is 0 Å². The Kier molecular flexibility index (Phi) is 2.91. The van der Waals surface area contributed by atoms with Gasteiger partial charge in [0.15, 0.2) is 0 Å². The molecular weight excluding hydrogens is 216 g/mol. The van der Waals surface area contributed by atoms with Gasteiger partial charge in [-0.1, -0.05) is 0 Å². The molecule has 0 spiro atoms. The highest BCUT2D eigenvalue weighted by Gasteiger charge is 2.41. The number of rotatable bonds is 2. The molecule has 0 aliphatic carbocycles. The van der Waals surface area contributed by atoms with Crippen molar-refractivity contribution >= 4 is 11.6 Å². The Morgan fingerprint density at radius 2 is 2.27 bits per heavy atom. The van der Waals surface area contributed by atoms with Crippen LogP contribution in [0.4, 0.5) is 0 Å². The molecule has 2 heterocycles. The van der Waals surface area contributed by atoms with Crippen LogP contribution >= 0.6 is 11.6 Å². The molecule has 1 saturated heterocycles. The van der Waals surface area contributed by atoms with E-state index in [9.17, 15) is 0 Å². The van der Waals surface area contributed by atoms with Gasteiger partial charge in [0.2, 0.25) is 5.79 Å². The van der Waals surface area contributed by atoms with Crippen molar-refractivity contribution in [2.45, 2.75) is 25.7 Å². The molecule has 2 rings (SSSR count). The van der Waals surface area contributed by atoms with Crippen LogP contribution in [0.2, 0.25) is 0 Å². The summed E-state index contributed by atoms with van der Waals surface area (Å²) < 4.78 is 11.3. The van der Waals surface area contributed by atoms with E-state index in [1.54, 1.807) is 12.4 Å². The fraction of sp³-hybridized carbons (Fsp3) is 0.600. The lowest BCUT2D eigenvalue weighted by atomic mass is 10.2. The quantitative estimate of drug-likeness (QED) is 0.722. The van der Waals surface area contributed by atoms with Crippen molar-refractivity contribution in [3.05, 3.63) is 23.8 Å². The van der Waals surface area contributed by atoms with E-state index >= 15 is 0 Å². The Bertz CT molecular complexity index is 361. The molecule has 2 atom stereocenters. The minimum absolute atomic E-state index is 0.0712. The Balaban J connectivity index is 2.27. The lowest BCUT2D eigenvalue weighted by Crippen LogP contribution is -2.27. The largest absolute Gasteiger partial charge is 0.342 e. The number of alkyl halides is 1. The maximum absolute atomic E-state index is 5.72. The van der Waals surface area contributed by atoms with Crippen LogP contribution in [0.15, 0.2) is 12.4 Å². The van der Waals surface area contributed by atoms with Crippen molar-refractivity contribution in [3.63, 3.8) is 0 Å². The standard InChI is InChI=1S/C10H13ClN2O2/c1-7-9(13-4-3-12-7)10(2)14-6-8(5-11)15-10/h3-4,8H,5-6H2,1-2H3. The Hall–Kier alpha value is -0.710. The summed E-state index contributed by atoms with van der Waals surface area (Å²) >= 11 is 5.72. The van der Waals surface area contributed by atoms with Crippen LogP contribution in [0.3, 0.4) is 0 Å². The first-order valence-corrected chi connectivity index (χ1v) is 5.35. The average Bonchev–Trinajstić information content (AvgIpc) is 2.62. The van der Waals surface area contributed by atoms with Gasteiger partial charge in [0, 0.05) is 12.4 Å². The molecule has 82 valence electrons. The lowest BCUT2D eigenvalue weighted by molar-refractivity contribution is -0.163. The first kappa shape index (κ1) is 10.8. The van der Waals surface area contributed by atoms with Gasteiger partial charge in [-0.05, 0) is 13.8 Å². The monoisotopic (exact) mass is 228 g/mol. The average molecular weight is 229 g/mol. The van der Waals surface area contributed by atoms with Gasteiger partial charge in [-0.25, -0.2) is 0 Å². The van der Waals surface area contributed by atoms with E-state index in [0.717, 1.165) is 11.4 Å². The normalized spacial score (nSPS) is 30.7. The zero-order chi connectivity index (χ0) is 10.9. The minimum atomic E-state index is -0.808. The van der Waals surface area contributed by atoms with Gasteiger partial charge in [0.1, 0.15) is 5.69 Å². The van der Waals surface area contributed by atoms with Gasteiger partial charge in [-0.3, -0.25) is 9.97 Å². The maximum Gasteiger partial charge on any atom is 0.211 e. The van der Waals surface area contributed by atoms with E-state index in [1.165, 1.54) is 0 Å². The maximum atomic E-state index is 5.72. The van der Waals surface area contributed by atoms with E-state index in [4.69, 9.17) is 21.1 Å².